The largest absolute Gasteiger partial charge is 0.495 e. The fourth-order valence-corrected chi connectivity index (χ4v) is 7.57. The highest BCUT2D eigenvalue weighted by Gasteiger charge is 2.31. The van der Waals surface area contributed by atoms with Crippen molar-refractivity contribution in [3.8, 4) is 17.2 Å². The molecule has 1 N–H and O–H groups in total. The van der Waals surface area contributed by atoms with Gasteiger partial charge in [-0.1, -0.05) is 18.6 Å². The molecule has 226 valence electrons. The number of ether oxygens (including phenoxy) is 3. The van der Waals surface area contributed by atoms with Crippen LogP contribution in [0.25, 0.3) is 0 Å². The lowest BCUT2D eigenvalue weighted by Gasteiger charge is -2.26. The van der Waals surface area contributed by atoms with Gasteiger partial charge in [-0.25, -0.2) is 21.2 Å². The first-order valence-electron chi connectivity index (χ1n) is 13.0. The summed E-state index contributed by atoms with van der Waals surface area (Å²) in [5, 5.41) is 2.54. The minimum absolute atomic E-state index is 0.0117. The van der Waals surface area contributed by atoms with E-state index in [2.05, 4.69) is 5.32 Å². The van der Waals surface area contributed by atoms with Gasteiger partial charge >= 0.3 is 0 Å². The summed E-state index contributed by atoms with van der Waals surface area (Å²) >= 11 is 0. The van der Waals surface area contributed by atoms with E-state index in [0.29, 0.717) is 17.4 Å². The van der Waals surface area contributed by atoms with Crippen LogP contribution in [0.15, 0.2) is 70.5 Å². The van der Waals surface area contributed by atoms with Gasteiger partial charge < -0.3 is 19.5 Å². The Labute approximate surface area is 244 Å². The lowest BCUT2D eigenvalue weighted by Crippen LogP contribution is -2.38. The minimum Gasteiger partial charge on any atom is -0.495 e. The molecule has 0 bridgehead atoms. The van der Waals surface area contributed by atoms with Gasteiger partial charge in [0.25, 0.3) is 10.0 Å². The third-order valence-electron chi connectivity index (χ3n) is 6.75. The topological polar surface area (TPSA) is 132 Å². The second-order valence-corrected chi connectivity index (χ2v) is 13.2. The number of anilines is 2. The quantitative estimate of drug-likeness (QED) is 0.342. The van der Waals surface area contributed by atoms with E-state index in [1.165, 1.54) is 80.2 Å². The van der Waals surface area contributed by atoms with E-state index < -0.39 is 38.3 Å². The number of halogens is 1. The molecule has 4 rings (SSSR count). The summed E-state index contributed by atoms with van der Waals surface area (Å²) in [6.45, 7) is -0.0623. The van der Waals surface area contributed by atoms with Gasteiger partial charge in [0.1, 0.15) is 18.1 Å². The number of rotatable bonds is 11. The lowest BCUT2D eigenvalue weighted by molar-refractivity contribution is -0.114. The summed E-state index contributed by atoms with van der Waals surface area (Å²) in [6.07, 6.45) is 2.44. The van der Waals surface area contributed by atoms with E-state index in [1.54, 1.807) is 0 Å². The van der Waals surface area contributed by atoms with Gasteiger partial charge in [0.2, 0.25) is 15.9 Å². The molecule has 0 aromatic heterocycles. The van der Waals surface area contributed by atoms with E-state index in [0.717, 1.165) is 25.3 Å². The Balaban J connectivity index is 1.69. The Morgan fingerprint density at radius 3 is 2.10 bits per heavy atom. The molecule has 0 aliphatic carbocycles. The van der Waals surface area contributed by atoms with Gasteiger partial charge in [0, 0.05) is 19.2 Å². The van der Waals surface area contributed by atoms with Crippen LogP contribution in [0.5, 0.6) is 17.2 Å². The van der Waals surface area contributed by atoms with Gasteiger partial charge in [-0.15, -0.1) is 0 Å². The number of carbonyl (C=O) groups is 1. The number of nitrogens with zero attached hydrogens (tertiary/aromatic N) is 2. The van der Waals surface area contributed by atoms with Gasteiger partial charge in [-0.05, 0) is 55.3 Å². The van der Waals surface area contributed by atoms with Crippen LogP contribution in [0.3, 0.4) is 0 Å². The Morgan fingerprint density at radius 2 is 1.45 bits per heavy atom. The molecular formula is C28H32FN3O8S2. The number of sulfonamides is 2. The third-order valence-corrected chi connectivity index (χ3v) is 10.4. The van der Waals surface area contributed by atoms with Crippen LogP contribution in [0.1, 0.15) is 19.3 Å². The van der Waals surface area contributed by atoms with Crippen LogP contribution in [-0.4, -0.2) is 68.0 Å². The molecule has 42 heavy (non-hydrogen) atoms. The molecule has 0 unspecified atom stereocenters. The van der Waals surface area contributed by atoms with Crippen LogP contribution in [0.4, 0.5) is 15.8 Å². The smallest absolute Gasteiger partial charge is 0.265 e. The number of amides is 1. The van der Waals surface area contributed by atoms with E-state index >= 15 is 0 Å². The predicted molar refractivity (Wildman–Crippen MR) is 155 cm³/mol. The van der Waals surface area contributed by atoms with Gasteiger partial charge in [-0.2, -0.15) is 4.31 Å². The maximum Gasteiger partial charge on any atom is 0.265 e. The van der Waals surface area contributed by atoms with Crippen LogP contribution < -0.4 is 23.8 Å². The molecule has 0 atom stereocenters. The van der Waals surface area contributed by atoms with Crippen LogP contribution >= 0.6 is 0 Å². The highest BCUT2D eigenvalue weighted by atomic mass is 32.2. The average Bonchev–Trinajstić information content (AvgIpc) is 3.00. The van der Waals surface area contributed by atoms with Crippen molar-refractivity contribution in [2.75, 3.05) is 50.6 Å². The fourth-order valence-electron chi connectivity index (χ4n) is 4.58. The molecule has 0 spiro atoms. The predicted octanol–water partition coefficient (Wildman–Crippen LogP) is 3.86. The number of benzene rings is 3. The van der Waals surface area contributed by atoms with Gasteiger partial charge in [-0.3, -0.25) is 9.10 Å². The summed E-state index contributed by atoms with van der Waals surface area (Å²) in [4.78, 5) is 13.0. The molecule has 0 saturated carbocycles. The number of methoxy groups -OCH3 is 3. The molecule has 11 nitrogen and oxygen atoms in total. The fraction of sp³-hybridized carbons (Fsp3) is 0.321. The van der Waals surface area contributed by atoms with Crippen LogP contribution in [-0.2, 0) is 24.8 Å². The van der Waals surface area contributed by atoms with E-state index in [9.17, 15) is 26.0 Å². The highest BCUT2D eigenvalue weighted by molar-refractivity contribution is 7.92. The first-order chi connectivity index (χ1) is 20.0. The minimum atomic E-state index is -4.52. The molecular weight excluding hydrogens is 589 g/mol. The summed E-state index contributed by atoms with van der Waals surface area (Å²) in [7, 11) is -4.29. The normalized spacial score (nSPS) is 14.2. The average molecular weight is 622 g/mol. The number of piperidine rings is 1. The molecule has 1 aliphatic heterocycles. The molecule has 14 heteroatoms. The van der Waals surface area contributed by atoms with Gasteiger partial charge in [0.05, 0.1) is 42.5 Å². The Morgan fingerprint density at radius 1 is 0.833 bits per heavy atom. The van der Waals surface area contributed by atoms with Crippen molar-refractivity contribution in [3.63, 3.8) is 0 Å². The molecule has 1 amide bonds. The maximum atomic E-state index is 14.9. The second kappa shape index (κ2) is 13.0. The number of hydrogen-bond acceptors (Lipinski definition) is 8. The lowest BCUT2D eigenvalue weighted by atomic mass is 10.2. The Bertz CT molecular complexity index is 1660. The highest BCUT2D eigenvalue weighted by Crippen LogP contribution is 2.34. The first-order valence-corrected chi connectivity index (χ1v) is 15.9. The van der Waals surface area contributed by atoms with Crippen molar-refractivity contribution >= 4 is 37.3 Å². The molecule has 1 aliphatic rings. The van der Waals surface area contributed by atoms with E-state index in [-0.39, 0.29) is 38.4 Å². The van der Waals surface area contributed by atoms with Crippen LogP contribution in [0.2, 0.25) is 0 Å². The molecule has 1 saturated heterocycles. The molecule has 3 aromatic carbocycles. The number of carbonyl (C=O) groups excluding carboxylic acids is 1. The molecule has 0 radical (unpaired) electrons. The van der Waals surface area contributed by atoms with Gasteiger partial charge in [0.15, 0.2) is 11.5 Å². The van der Waals surface area contributed by atoms with E-state index in [1.807, 2.05) is 0 Å². The van der Waals surface area contributed by atoms with Crippen molar-refractivity contribution < 1.29 is 40.2 Å². The molecule has 3 aromatic rings. The van der Waals surface area contributed by atoms with Crippen molar-refractivity contribution in [2.24, 2.45) is 0 Å². The molecule has 1 heterocycles. The second-order valence-electron chi connectivity index (χ2n) is 9.35. The summed E-state index contributed by atoms with van der Waals surface area (Å²) < 4.78 is 86.7. The van der Waals surface area contributed by atoms with Crippen molar-refractivity contribution in [1.82, 2.24) is 4.31 Å². The standard InChI is InChI=1S/C28H32FN3O8S2/c1-38-25-13-11-20(41(34,35)31-15-7-4-8-16-31)17-23(25)30-28(33)19-32(24-10-6-5-9-22(24)29)42(36,37)21-12-14-26(39-2)27(18-21)40-3/h5-6,9-14,17-18H,4,7-8,15-16,19H2,1-3H3,(H,30,33). The molecule has 1 fully saturated rings. The zero-order valence-corrected chi connectivity index (χ0v) is 25.0. The Kier molecular flexibility index (Phi) is 9.59. The number of nitrogens with one attached hydrogen (secondary N) is 1. The van der Waals surface area contributed by atoms with Crippen LogP contribution in [0, 0.1) is 5.82 Å². The zero-order chi connectivity index (χ0) is 30.5. The summed E-state index contributed by atoms with van der Waals surface area (Å²) in [5.41, 5.74) is -0.353. The SMILES string of the molecule is COc1ccc(S(=O)(=O)N2CCCCC2)cc1NC(=O)CN(c1ccccc1F)S(=O)(=O)c1ccc(OC)c(OC)c1. The van der Waals surface area contributed by atoms with Crippen molar-refractivity contribution in [2.45, 2.75) is 29.1 Å². The number of para-hydroxylation sites is 1. The zero-order valence-electron chi connectivity index (χ0n) is 23.4. The monoisotopic (exact) mass is 621 g/mol. The first kappa shape index (κ1) is 31.1. The van der Waals surface area contributed by atoms with E-state index in [4.69, 9.17) is 14.2 Å². The van der Waals surface area contributed by atoms with Crippen molar-refractivity contribution in [1.29, 1.82) is 0 Å². The third kappa shape index (κ3) is 6.45. The Hall–Kier alpha value is -3.88. The number of hydrogen-bond donors (Lipinski definition) is 1. The summed E-state index contributed by atoms with van der Waals surface area (Å²) in [6, 6.07) is 13.0. The summed E-state index contributed by atoms with van der Waals surface area (Å²) in [5.74, 6) is -1.19. The maximum absolute atomic E-state index is 14.9. The van der Waals surface area contributed by atoms with Crippen molar-refractivity contribution in [3.05, 3.63) is 66.5 Å².